The van der Waals surface area contributed by atoms with Gasteiger partial charge in [-0.05, 0) is 0 Å². The van der Waals surface area contributed by atoms with Gasteiger partial charge in [0.1, 0.15) is 9.81 Å². The number of aromatic nitrogens is 2. The molecule has 0 aromatic carbocycles. The fraction of sp³-hybridized carbons (Fsp3) is 0. The molecule has 1 aromatic rings. The maximum Gasteiger partial charge on any atom is 0.308 e. The van der Waals surface area contributed by atoms with Crippen molar-refractivity contribution < 1.29 is 14.4 Å². The van der Waals surface area contributed by atoms with Crippen LogP contribution in [0.1, 0.15) is 0 Å². The summed E-state index contributed by atoms with van der Waals surface area (Å²) in [5.74, 6) is 0. The van der Waals surface area contributed by atoms with Gasteiger partial charge in [-0.3, -0.25) is 10.4 Å². The van der Waals surface area contributed by atoms with Crippen molar-refractivity contribution in [2.75, 3.05) is 0 Å². The van der Waals surface area contributed by atoms with Crippen LogP contribution in [0.3, 0.4) is 0 Å². The Bertz CT molecular complexity index is 143. The zero-order valence-electron chi connectivity index (χ0n) is 3.27. The van der Waals surface area contributed by atoms with Gasteiger partial charge >= 0.3 is 12.4 Å². The van der Waals surface area contributed by atoms with E-state index in [9.17, 15) is 10.4 Å². The first-order valence-electron chi connectivity index (χ1n) is 1.58. The van der Waals surface area contributed by atoms with Crippen LogP contribution in [-0.2, 0) is 0 Å². The maximum absolute atomic E-state index is 9.82. The number of nitrogens with zero attached hydrogens (tertiary/aromatic N) is 2. The molecule has 5 heteroatoms. The predicted molar refractivity (Wildman–Crippen MR) is 16.6 cm³/mol. The molecule has 0 N–H and O–H groups in total. The molecule has 1 heterocycles. The van der Waals surface area contributed by atoms with Crippen molar-refractivity contribution in [1.29, 1.82) is 0 Å². The van der Waals surface area contributed by atoms with Gasteiger partial charge < -0.3 is 0 Å². The minimum Gasteiger partial charge on any atom is -0.256 e. The molecule has 0 radical (unpaired) electrons. The zero-order chi connectivity index (χ0) is 5.28. The van der Waals surface area contributed by atoms with Crippen molar-refractivity contribution in [3.63, 3.8) is 0 Å². The summed E-state index contributed by atoms with van der Waals surface area (Å²) in [6.07, 6.45) is 1.93. The van der Waals surface area contributed by atoms with E-state index in [1.54, 1.807) is 0 Å². The molecule has 0 amide bonds. The van der Waals surface area contributed by atoms with Crippen molar-refractivity contribution in [3.8, 4) is 0 Å². The molecule has 1 rings (SSSR count). The summed E-state index contributed by atoms with van der Waals surface area (Å²) >= 11 is 0. The minimum atomic E-state index is 0.0625. The Morgan fingerprint density at radius 2 is 1.57 bits per heavy atom. The highest BCUT2D eigenvalue weighted by Gasteiger charge is 1.98. The van der Waals surface area contributed by atoms with Crippen molar-refractivity contribution in [2.45, 2.75) is 0 Å². The van der Waals surface area contributed by atoms with Gasteiger partial charge in [-0.15, -0.1) is 4.63 Å². The van der Waals surface area contributed by atoms with Gasteiger partial charge in [-0.2, -0.15) is 0 Å². The Balaban J connectivity index is 3.04. The molecule has 1 aromatic heterocycles. The van der Waals surface area contributed by atoms with E-state index in [4.69, 9.17) is 0 Å². The molecule has 0 saturated carbocycles. The highest BCUT2D eigenvalue weighted by Crippen LogP contribution is 1.58. The van der Waals surface area contributed by atoms with Gasteiger partial charge in [0.05, 0.1) is 0 Å². The summed E-state index contributed by atoms with van der Waals surface area (Å²) in [5, 5.41) is 19.6. The first-order chi connectivity index (χ1) is 3.29. The monoisotopic (exact) mass is 102 g/mol. The van der Waals surface area contributed by atoms with Crippen LogP contribution in [0, 0.1) is 10.4 Å². The molecule has 0 aliphatic carbocycles. The standard InChI is InChI=1S/C2H2N2O3/c5-3-1-2-4(6)7-3/h1-2H. The average Bonchev–Trinajstić information content (AvgIpc) is 1.87. The van der Waals surface area contributed by atoms with Crippen molar-refractivity contribution in [3.05, 3.63) is 22.8 Å². The lowest BCUT2D eigenvalue weighted by Crippen LogP contribution is -2.30. The third-order valence-corrected chi connectivity index (χ3v) is 0.471. The van der Waals surface area contributed by atoms with E-state index in [0.717, 1.165) is 12.4 Å². The highest BCUT2D eigenvalue weighted by atomic mass is 16.9. The molecule has 7 heavy (non-hydrogen) atoms. The summed E-state index contributed by atoms with van der Waals surface area (Å²) in [6, 6.07) is 0. The molecular formula is C2H2N2O3. The van der Waals surface area contributed by atoms with Gasteiger partial charge in [-0.25, -0.2) is 0 Å². The molecule has 0 aliphatic rings. The Labute approximate surface area is 38.5 Å². The number of hydrogen-bond donors (Lipinski definition) is 0. The molecule has 38 valence electrons. The molecule has 0 aliphatic heterocycles. The number of hydrogen-bond acceptors (Lipinski definition) is 3. The van der Waals surface area contributed by atoms with E-state index < -0.39 is 0 Å². The third-order valence-electron chi connectivity index (χ3n) is 0.471. The first kappa shape index (κ1) is 3.91. The lowest BCUT2D eigenvalue weighted by molar-refractivity contribution is -0.999. The molecule has 0 bridgehead atoms. The van der Waals surface area contributed by atoms with Crippen molar-refractivity contribution >= 4 is 0 Å². The summed E-state index contributed by atoms with van der Waals surface area (Å²) in [5.41, 5.74) is 0. The SMILES string of the molecule is [O-][n+]1cc[n+]([O-])o1. The third kappa shape index (κ3) is 0.594. The van der Waals surface area contributed by atoms with Crippen LogP contribution >= 0.6 is 0 Å². The smallest absolute Gasteiger partial charge is 0.256 e. The summed E-state index contributed by atoms with van der Waals surface area (Å²) in [6.45, 7) is 0. The first-order valence-corrected chi connectivity index (χ1v) is 1.58. The minimum absolute atomic E-state index is 0.0625. The van der Waals surface area contributed by atoms with Crippen LogP contribution in [0.2, 0.25) is 0 Å². The van der Waals surface area contributed by atoms with E-state index in [-0.39, 0.29) is 9.81 Å². The van der Waals surface area contributed by atoms with E-state index in [2.05, 4.69) is 4.63 Å². The summed E-state index contributed by atoms with van der Waals surface area (Å²) < 4.78 is 3.81. The highest BCUT2D eigenvalue weighted by molar-refractivity contribution is 4.39. The topological polar surface area (TPSA) is 67.0 Å². The van der Waals surface area contributed by atoms with E-state index >= 15 is 0 Å². The normalized spacial score (nSPS) is 9.14. The Morgan fingerprint density at radius 1 is 1.14 bits per heavy atom. The fourth-order valence-corrected chi connectivity index (χ4v) is 0.243. The maximum atomic E-state index is 9.82. The largest absolute Gasteiger partial charge is 0.308 e. The van der Waals surface area contributed by atoms with Crippen molar-refractivity contribution in [1.82, 2.24) is 0 Å². The van der Waals surface area contributed by atoms with Crippen LogP contribution in [0.15, 0.2) is 17.0 Å². The zero-order valence-corrected chi connectivity index (χ0v) is 3.27. The Morgan fingerprint density at radius 3 is 1.71 bits per heavy atom. The van der Waals surface area contributed by atoms with E-state index in [1.807, 2.05) is 0 Å². The second-order valence-electron chi connectivity index (χ2n) is 0.951. The van der Waals surface area contributed by atoms with Crippen LogP contribution in [-0.4, -0.2) is 0 Å². The molecule has 0 fully saturated rings. The summed E-state index contributed by atoms with van der Waals surface area (Å²) in [7, 11) is 0. The number of rotatable bonds is 0. The lowest BCUT2D eigenvalue weighted by atomic mass is 11.0. The molecule has 5 nitrogen and oxygen atoms in total. The van der Waals surface area contributed by atoms with Gasteiger partial charge in [0.25, 0.3) is 0 Å². The van der Waals surface area contributed by atoms with Gasteiger partial charge in [0, 0.05) is 0 Å². The van der Waals surface area contributed by atoms with Crippen LogP contribution in [0.5, 0.6) is 0 Å². The van der Waals surface area contributed by atoms with E-state index in [0.29, 0.717) is 0 Å². The van der Waals surface area contributed by atoms with E-state index in [1.165, 1.54) is 0 Å². The molecular weight excluding hydrogens is 100 g/mol. The Kier molecular flexibility index (Phi) is 0.619. The molecule has 0 spiro atoms. The van der Waals surface area contributed by atoms with Crippen LogP contribution in [0.4, 0.5) is 0 Å². The molecule has 0 atom stereocenters. The molecule has 0 unspecified atom stereocenters. The Hall–Kier alpha value is -1.26. The lowest BCUT2D eigenvalue weighted by Gasteiger charge is -1.68. The van der Waals surface area contributed by atoms with Gasteiger partial charge in [0.2, 0.25) is 0 Å². The molecule has 0 saturated heterocycles. The second kappa shape index (κ2) is 1.11. The summed E-state index contributed by atoms with van der Waals surface area (Å²) in [4.78, 5) is 0.125. The van der Waals surface area contributed by atoms with Crippen molar-refractivity contribution in [2.24, 2.45) is 0 Å². The second-order valence-corrected chi connectivity index (χ2v) is 0.951. The van der Waals surface area contributed by atoms with Crippen LogP contribution < -0.4 is 9.81 Å². The quantitative estimate of drug-likeness (QED) is 0.376. The van der Waals surface area contributed by atoms with Gasteiger partial charge in [0.15, 0.2) is 0 Å². The fourth-order valence-electron chi connectivity index (χ4n) is 0.243. The van der Waals surface area contributed by atoms with Gasteiger partial charge in [-0.1, -0.05) is 0 Å². The average molecular weight is 102 g/mol. The van der Waals surface area contributed by atoms with Crippen LogP contribution in [0.25, 0.3) is 0 Å². The predicted octanol–water partition coefficient (Wildman–Crippen LogP) is -1.45.